The molecule has 2 heterocycles. The lowest BCUT2D eigenvalue weighted by Gasteiger charge is -2.18. The summed E-state index contributed by atoms with van der Waals surface area (Å²) in [5.41, 5.74) is 3.05. The van der Waals surface area contributed by atoms with E-state index >= 15 is 0 Å². The van der Waals surface area contributed by atoms with E-state index in [2.05, 4.69) is 15.5 Å². The smallest absolute Gasteiger partial charge is 0.328 e. The molecule has 0 atom stereocenters. The van der Waals surface area contributed by atoms with Crippen molar-refractivity contribution in [1.29, 1.82) is 0 Å². The Balaban J connectivity index is 1.83. The van der Waals surface area contributed by atoms with Crippen molar-refractivity contribution in [2.24, 2.45) is 0 Å². The molecule has 2 aliphatic heterocycles. The molecule has 1 aromatic carbocycles. The number of benzene rings is 1. The van der Waals surface area contributed by atoms with E-state index in [4.69, 9.17) is 11.6 Å². The first-order valence-corrected chi connectivity index (χ1v) is 7.94. The Hall–Kier alpha value is -2.34. The minimum absolute atomic E-state index is 0.0680. The molecule has 23 heavy (non-hydrogen) atoms. The quantitative estimate of drug-likeness (QED) is 0.496. The maximum Gasteiger partial charge on any atom is 0.328 e. The number of nitrogens with one attached hydrogen (secondary N) is 2. The van der Waals surface area contributed by atoms with E-state index in [9.17, 15) is 14.4 Å². The molecule has 3 rings (SSSR count). The normalized spacial score (nSPS) is 17.0. The molecule has 1 aromatic rings. The number of alkyl halides is 1. The van der Waals surface area contributed by atoms with Gasteiger partial charge in [0.1, 0.15) is 5.57 Å². The van der Waals surface area contributed by atoms with E-state index in [1.54, 1.807) is 0 Å². The molecule has 0 bridgehead atoms. The summed E-state index contributed by atoms with van der Waals surface area (Å²) >= 11 is 5.74. The summed E-state index contributed by atoms with van der Waals surface area (Å²) in [6, 6.07) is 5.04. The molecule has 2 aliphatic rings. The van der Waals surface area contributed by atoms with Crippen molar-refractivity contribution in [2.45, 2.75) is 12.8 Å². The van der Waals surface area contributed by atoms with Crippen molar-refractivity contribution in [3.63, 3.8) is 0 Å². The van der Waals surface area contributed by atoms with Gasteiger partial charge in [0, 0.05) is 24.7 Å². The first-order valence-electron chi connectivity index (χ1n) is 7.40. The number of carbonyl (C=O) groups excluding carboxylic acids is 3. The molecule has 0 radical (unpaired) electrons. The average Bonchev–Trinajstić information content (AvgIpc) is 2.91. The number of rotatable bonds is 4. The van der Waals surface area contributed by atoms with Crippen LogP contribution in [0.25, 0.3) is 6.08 Å². The average molecular weight is 334 g/mol. The molecule has 0 spiro atoms. The van der Waals surface area contributed by atoms with Gasteiger partial charge in [0.15, 0.2) is 0 Å². The number of carbonyl (C=O) groups is 3. The Morgan fingerprint density at radius 3 is 2.61 bits per heavy atom. The van der Waals surface area contributed by atoms with Crippen LogP contribution in [0.2, 0.25) is 0 Å². The highest BCUT2D eigenvalue weighted by Crippen LogP contribution is 2.29. The van der Waals surface area contributed by atoms with Gasteiger partial charge in [-0.1, -0.05) is 6.07 Å². The van der Waals surface area contributed by atoms with Crippen LogP contribution in [0.1, 0.15) is 17.5 Å². The second-order valence-electron chi connectivity index (χ2n) is 5.46. The number of anilines is 1. The molecule has 7 heteroatoms. The van der Waals surface area contributed by atoms with Gasteiger partial charge >= 0.3 is 6.03 Å². The SMILES string of the molecule is O=C1NC(=O)C(=Cc2ccc3c(c2)CCN3CCCCl)C(=O)N1. The topological polar surface area (TPSA) is 78.5 Å². The van der Waals surface area contributed by atoms with Crippen molar-refractivity contribution in [2.75, 3.05) is 23.9 Å². The minimum Gasteiger partial charge on any atom is -0.371 e. The molecule has 2 N–H and O–H groups in total. The van der Waals surface area contributed by atoms with Crippen LogP contribution in [0.4, 0.5) is 10.5 Å². The molecular weight excluding hydrogens is 318 g/mol. The highest BCUT2D eigenvalue weighted by Gasteiger charge is 2.28. The predicted octanol–water partition coefficient (Wildman–Crippen LogP) is 1.43. The number of urea groups is 1. The Kier molecular flexibility index (Phi) is 4.34. The number of barbiturate groups is 1. The Morgan fingerprint density at radius 1 is 1.17 bits per heavy atom. The maximum absolute atomic E-state index is 11.7. The lowest BCUT2D eigenvalue weighted by molar-refractivity contribution is -0.123. The summed E-state index contributed by atoms with van der Waals surface area (Å²) < 4.78 is 0. The number of imide groups is 2. The van der Waals surface area contributed by atoms with E-state index in [0.29, 0.717) is 5.88 Å². The molecule has 0 aromatic heterocycles. The van der Waals surface area contributed by atoms with Crippen molar-refractivity contribution in [1.82, 2.24) is 10.6 Å². The number of hydrogen-bond acceptors (Lipinski definition) is 4. The van der Waals surface area contributed by atoms with Crippen LogP contribution < -0.4 is 15.5 Å². The van der Waals surface area contributed by atoms with Crippen LogP contribution >= 0.6 is 11.6 Å². The lowest BCUT2D eigenvalue weighted by Crippen LogP contribution is -2.51. The molecule has 1 fully saturated rings. The monoisotopic (exact) mass is 333 g/mol. The van der Waals surface area contributed by atoms with E-state index in [1.807, 2.05) is 18.2 Å². The molecule has 4 amide bonds. The largest absolute Gasteiger partial charge is 0.371 e. The third kappa shape index (κ3) is 3.22. The summed E-state index contributed by atoms with van der Waals surface area (Å²) in [6.07, 6.45) is 3.35. The fourth-order valence-corrected chi connectivity index (χ4v) is 2.96. The van der Waals surface area contributed by atoms with Gasteiger partial charge in [-0.15, -0.1) is 11.6 Å². The van der Waals surface area contributed by atoms with Gasteiger partial charge in [-0.2, -0.15) is 0 Å². The maximum atomic E-state index is 11.7. The molecule has 0 saturated carbocycles. The minimum atomic E-state index is -0.791. The van der Waals surface area contributed by atoms with Gasteiger partial charge in [0.05, 0.1) is 0 Å². The fraction of sp³-hybridized carbons (Fsp3) is 0.312. The molecule has 1 saturated heterocycles. The Labute approximate surface area is 138 Å². The van der Waals surface area contributed by atoms with Crippen molar-refractivity contribution in [3.8, 4) is 0 Å². The van der Waals surface area contributed by atoms with Gasteiger partial charge in [-0.25, -0.2) is 4.79 Å². The Morgan fingerprint density at radius 2 is 1.91 bits per heavy atom. The van der Waals surface area contributed by atoms with E-state index in [1.165, 1.54) is 17.3 Å². The van der Waals surface area contributed by atoms with Crippen LogP contribution in [-0.2, 0) is 16.0 Å². The van der Waals surface area contributed by atoms with Crippen LogP contribution in [0, 0.1) is 0 Å². The van der Waals surface area contributed by atoms with E-state index in [0.717, 1.165) is 31.5 Å². The number of fused-ring (bicyclic) bond motifs is 1. The van der Waals surface area contributed by atoms with Crippen molar-refractivity contribution in [3.05, 3.63) is 34.9 Å². The van der Waals surface area contributed by atoms with Crippen LogP contribution in [0.15, 0.2) is 23.8 Å². The molecule has 120 valence electrons. The fourth-order valence-electron chi connectivity index (χ4n) is 2.84. The summed E-state index contributed by atoms with van der Waals surface area (Å²) in [7, 11) is 0. The first kappa shape index (κ1) is 15.6. The molecular formula is C16H16ClN3O3. The summed E-state index contributed by atoms with van der Waals surface area (Å²) in [4.78, 5) is 36.8. The van der Waals surface area contributed by atoms with Crippen LogP contribution in [-0.4, -0.2) is 36.8 Å². The zero-order valence-corrected chi connectivity index (χ0v) is 13.2. The van der Waals surface area contributed by atoms with Gasteiger partial charge in [0.2, 0.25) is 0 Å². The van der Waals surface area contributed by atoms with E-state index < -0.39 is 17.8 Å². The van der Waals surface area contributed by atoms with E-state index in [-0.39, 0.29) is 5.57 Å². The highest BCUT2D eigenvalue weighted by molar-refractivity contribution is 6.31. The number of amides is 4. The van der Waals surface area contributed by atoms with Gasteiger partial charge < -0.3 is 4.90 Å². The highest BCUT2D eigenvalue weighted by atomic mass is 35.5. The van der Waals surface area contributed by atoms with Crippen LogP contribution in [0.5, 0.6) is 0 Å². The lowest BCUT2D eigenvalue weighted by atomic mass is 10.0. The molecule has 0 unspecified atom stereocenters. The summed E-state index contributed by atoms with van der Waals surface area (Å²) in [5, 5.41) is 4.13. The first-order chi connectivity index (χ1) is 11.1. The Bertz CT molecular complexity index is 693. The van der Waals surface area contributed by atoms with Crippen LogP contribution in [0.3, 0.4) is 0 Å². The molecule has 0 aliphatic carbocycles. The van der Waals surface area contributed by atoms with Gasteiger partial charge in [-0.3, -0.25) is 20.2 Å². The number of hydrogen-bond donors (Lipinski definition) is 2. The molecule has 6 nitrogen and oxygen atoms in total. The van der Waals surface area contributed by atoms with Gasteiger partial charge in [-0.05, 0) is 42.2 Å². The number of nitrogens with zero attached hydrogens (tertiary/aromatic N) is 1. The second-order valence-corrected chi connectivity index (χ2v) is 5.84. The third-order valence-corrected chi connectivity index (χ3v) is 4.18. The zero-order chi connectivity index (χ0) is 16.4. The third-order valence-electron chi connectivity index (χ3n) is 3.91. The van der Waals surface area contributed by atoms with Crippen molar-refractivity contribution >= 4 is 41.2 Å². The van der Waals surface area contributed by atoms with Crippen molar-refractivity contribution < 1.29 is 14.4 Å². The summed E-state index contributed by atoms with van der Waals surface area (Å²) in [6.45, 7) is 1.87. The standard InChI is InChI=1S/C16H16ClN3O3/c17-5-1-6-20-7-4-11-8-10(2-3-13(11)20)9-12-14(21)18-16(23)19-15(12)22/h2-3,8-9H,1,4-7H2,(H2,18,19,21,22,23). The predicted molar refractivity (Wildman–Crippen MR) is 87.4 cm³/mol. The second kappa shape index (κ2) is 6.42. The van der Waals surface area contributed by atoms with Gasteiger partial charge in [0.25, 0.3) is 11.8 Å². The number of halogens is 1. The zero-order valence-electron chi connectivity index (χ0n) is 12.4. The summed E-state index contributed by atoms with van der Waals surface area (Å²) in [5.74, 6) is -0.718.